The van der Waals surface area contributed by atoms with E-state index in [1.165, 1.54) is 6.07 Å². The molecule has 0 spiro atoms. The predicted octanol–water partition coefficient (Wildman–Crippen LogP) is 2.89. The van der Waals surface area contributed by atoms with Crippen LogP contribution in [0, 0.1) is 0 Å². The minimum Gasteiger partial charge on any atom is -0.478 e. The molecule has 2 aromatic rings. The highest BCUT2D eigenvalue weighted by atomic mass is 32.2. The lowest BCUT2D eigenvalue weighted by Gasteiger charge is -2.10. The molecule has 0 aliphatic heterocycles. The van der Waals surface area contributed by atoms with Gasteiger partial charge in [-0.2, -0.15) is 0 Å². The molecule has 0 saturated carbocycles. The summed E-state index contributed by atoms with van der Waals surface area (Å²) in [5, 5.41) is 11.4. The molecule has 0 aliphatic carbocycles. The molecule has 0 unspecified atom stereocenters. The Hall–Kier alpha value is -2.67. The molecule has 138 valence electrons. The highest BCUT2D eigenvalue weighted by molar-refractivity contribution is 7.91. The standard InChI is InChI=1S/C19H21NO5S/c1-13(2)26(24,25)12-14-6-5-8-16(10-14)20-18(21)11-15-7-3-4-9-17(15)19(22)23/h3-10,13H,11-12H2,1-2H3,(H,20,21)(H,22,23). The van der Waals surface area contributed by atoms with Crippen LogP contribution in [0.4, 0.5) is 5.69 Å². The van der Waals surface area contributed by atoms with Crippen LogP contribution in [0.1, 0.15) is 35.3 Å². The van der Waals surface area contributed by atoms with Gasteiger partial charge in [-0.15, -0.1) is 0 Å². The van der Waals surface area contributed by atoms with Gasteiger partial charge in [0.15, 0.2) is 9.84 Å². The highest BCUT2D eigenvalue weighted by Crippen LogP contribution is 2.17. The second-order valence-electron chi connectivity index (χ2n) is 6.24. The second-order valence-corrected chi connectivity index (χ2v) is 8.80. The van der Waals surface area contributed by atoms with Gasteiger partial charge in [0.2, 0.25) is 5.91 Å². The lowest BCUT2D eigenvalue weighted by molar-refractivity contribution is -0.115. The fourth-order valence-electron chi connectivity index (χ4n) is 2.40. The zero-order valence-corrected chi connectivity index (χ0v) is 15.4. The quantitative estimate of drug-likeness (QED) is 0.775. The minimum atomic E-state index is -3.24. The first kappa shape index (κ1) is 19.7. The summed E-state index contributed by atoms with van der Waals surface area (Å²) in [5.41, 5.74) is 1.55. The molecule has 0 atom stereocenters. The Bertz CT molecular complexity index is 919. The van der Waals surface area contributed by atoms with Crippen molar-refractivity contribution in [3.8, 4) is 0 Å². The van der Waals surface area contributed by atoms with Crippen LogP contribution in [-0.2, 0) is 26.8 Å². The van der Waals surface area contributed by atoms with E-state index in [9.17, 15) is 18.0 Å². The molecular formula is C19H21NO5S. The number of hydrogen-bond acceptors (Lipinski definition) is 4. The van der Waals surface area contributed by atoms with Gasteiger partial charge in [-0.3, -0.25) is 4.79 Å². The zero-order chi connectivity index (χ0) is 19.3. The van der Waals surface area contributed by atoms with E-state index in [-0.39, 0.29) is 23.6 Å². The van der Waals surface area contributed by atoms with Gasteiger partial charge in [0.25, 0.3) is 0 Å². The number of anilines is 1. The first-order valence-corrected chi connectivity index (χ1v) is 9.82. The molecule has 0 saturated heterocycles. The number of rotatable bonds is 7. The lowest BCUT2D eigenvalue weighted by Crippen LogP contribution is -2.17. The van der Waals surface area contributed by atoms with Crippen LogP contribution in [0.15, 0.2) is 48.5 Å². The van der Waals surface area contributed by atoms with Crippen LogP contribution >= 0.6 is 0 Å². The fraction of sp³-hybridized carbons (Fsp3) is 0.263. The van der Waals surface area contributed by atoms with Gasteiger partial charge in [-0.1, -0.05) is 30.3 Å². The van der Waals surface area contributed by atoms with E-state index in [0.29, 0.717) is 16.8 Å². The number of carbonyl (C=O) groups excluding carboxylic acids is 1. The normalized spacial score (nSPS) is 11.3. The average Bonchev–Trinajstić information content (AvgIpc) is 2.54. The van der Waals surface area contributed by atoms with Gasteiger partial charge in [0, 0.05) is 5.69 Å². The van der Waals surface area contributed by atoms with Crippen LogP contribution in [0.5, 0.6) is 0 Å². The molecule has 2 aromatic carbocycles. The van der Waals surface area contributed by atoms with E-state index >= 15 is 0 Å². The van der Waals surface area contributed by atoms with Crippen molar-refractivity contribution in [3.63, 3.8) is 0 Å². The third-order valence-corrected chi connectivity index (χ3v) is 6.07. The molecule has 1 amide bonds. The van der Waals surface area contributed by atoms with Crippen molar-refractivity contribution < 1.29 is 23.1 Å². The maximum atomic E-state index is 12.2. The molecule has 0 heterocycles. The third kappa shape index (κ3) is 5.16. The van der Waals surface area contributed by atoms with Crippen molar-refractivity contribution in [2.24, 2.45) is 0 Å². The first-order valence-electron chi connectivity index (χ1n) is 8.10. The second kappa shape index (κ2) is 8.14. The number of aromatic carboxylic acids is 1. The summed E-state index contributed by atoms with van der Waals surface area (Å²) in [4.78, 5) is 23.4. The largest absolute Gasteiger partial charge is 0.478 e. The van der Waals surface area contributed by atoms with Gasteiger partial charge in [0.1, 0.15) is 0 Å². The first-order chi connectivity index (χ1) is 12.2. The smallest absolute Gasteiger partial charge is 0.335 e. The lowest BCUT2D eigenvalue weighted by atomic mass is 10.0. The Labute approximate surface area is 152 Å². The Morgan fingerprint density at radius 2 is 1.77 bits per heavy atom. The van der Waals surface area contributed by atoms with Crippen LogP contribution in [0.25, 0.3) is 0 Å². The fourth-order valence-corrected chi connectivity index (χ4v) is 3.38. The van der Waals surface area contributed by atoms with E-state index in [0.717, 1.165) is 0 Å². The summed E-state index contributed by atoms with van der Waals surface area (Å²) >= 11 is 0. The van der Waals surface area contributed by atoms with Crippen molar-refractivity contribution in [2.75, 3.05) is 5.32 Å². The summed E-state index contributed by atoms with van der Waals surface area (Å²) < 4.78 is 24.1. The maximum absolute atomic E-state index is 12.2. The van der Waals surface area contributed by atoms with Crippen LogP contribution in [0.2, 0.25) is 0 Å². The summed E-state index contributed by atoms with van der Waals surface area (Å²) in [6.45, 7) is 3.25. The monoisotopic (exact) mass is 375 g/mol. The van der Waals surface area contributed by atoms with Gasteiger partial charge in [-0.25, -0.2) is 13.2 Å². The average molecular weight is 375 g/mol. The molecule has 0 aliphatic rings. The summed E-state index contributed by atoms with van der Waals surface area (Å²) in [7, 11) is -3.24. The minimum absolute atomic E-state index is 0.0828. The number of carbonyl (C=O) groups is 2. The molecule has 2 rings (SSSR count). The number of benzene rings is 2. The van der Waals surface area contributed by atoms with E-state index in [1.54, 1.807) is 56.3 Å². The number of carboxylic acid groups (broad SMARTS) is 1. The van der Waals surface area contributed by atoms with Gasteiger partial charge >= 0.3 is 5.97 Å². The Morgan fingerprint density at radius 3 is 2.42 bits per heavy atom. The van der Waals surface area contributed by atoms with Crippen molar-refractivity contribution >= 4 is 27.4 Å². The van der Waals surface area contributed by atoms with E-state index < -0.39 is 21.1 Å². The Balaban J connectivity index is 2.11. The topological polar surface area (TPSA) is 101 Å². The molecule has 7 heteroatoms. The summed E-state index contributed by atoms with van der Waals surface area (Å²) in [5.74, 6) is -1.56. The zero-order valence-electron chi connectivity index (χ0n) is 14.6. The maximum Gasteiger partial charge on any atom is 0.335 e. The molecule has 6 nitrogen and oxygen atoms in total. The van der Waals surface area contributed by atoms with Crippen molar-refractivity contribution in [2.45, 2.75) is 31.3 Å². The Morgan fingerprint density at radius 1 is 1.08 bits per heavy atom. The van der Waals surface area contributed by atoms with Crippen molar-refractivity contribution in [1.29, 1.82) is 0 Å². The molecule has 26 heavy (non-hydrogen) atoms. The number of sulfone groups is 1. The van der Waals surface area contributed by atoms with E-state index in [2.05, 4.69) is 5.32 Å². The molecular weight excluding hydrogens is 354 g/mol. The van der Waals surface area contributed by atoms with Crippen molar-refractivity contribution in [1.82, 2.24) is 0 Å². The van der Waals surface area contributed by atoms with Gasteiger partial charge in [-0.05, 0) is 43.2 Å². The molecule has 0 fully saturated rings. The molecule has 0 bridgehead atoms. The SMILES string of the molecule is CC(C)S(=O)(=O)Cc1cccc(NC(=O)Cc2ccccc2C(=O)O)c1. The molecule has 2 N–H and O–H groups in total. The highest BCUT2D eigenvalue weighted by Gasteiger charge is 2.17. The van der Waals surface area contributed by atoms with Crippen LogP contribution in [0.3, 0.4) is 0 Å². The summed E-state index contributed by atoms with van der Waals surface area (Å²) in [6.07, 6.45) is -0.0863. The Kier molecular flexibility index (Phi) is 6.15. The van der Waals surface area contributed by atoms with Gasteiger partial charge in [0.05, 0.1) is 23.0 Å². The molecule has 0 aromatic heterocycles. The summed E-state index contributed by atoms with van der Waals surface area (Å²) in [6, 6.07) is 12.9. The molecule has 0 radical (unpaired) electrons. The van der Waals surface area contributed by atoms with Crippen LogP contribution in [-0.4, -0.2) is 30.7 Å². The van der Waals surface area contributed by atoms with Crippen LogP contribution < -0.4 is 5.32 Å². The van der Waals surface area contributed by atoms with Gasteiger partial charge < -0.3 is 10.4 Å². The number of carboxylic acids is 1. The number of nitrogens with one attached hydrogen (secondary N) is 1. The predicted molar refractivity (Wildman–Crippen MR) is 99.9 cm³/mol. The van der Waals surface area contributed by atoms with Crippen molar-refractivity contribution in [3.05, 3.63) is 65.2 Å². The number of hydrogen-bond donors (Lipinski definition) is 2. The van der Waals surface area contributed by atoms with E-state index in [4.69, 9.17) is 5.11 Å². The third-order valence-electron chi connectivity index (χ3n) is 3.90. The van der Waals surface area contributed by atoms with E-state index in [1.807, 2.05) is 0 Å². The number of amides is 1.